The molecule has 0 aliphatic heterocycles. The highest BCUT2D eigenvalue weighted by atomic mass is 79.9. The Morgan fingerprint density at radius 2 is 2.47 bits per heavy atom. The van der Waals surface area contributed by atoms with E-state index in [2.05, 4.69) is 21.0 Å². The average Bonchev–Trinajstić information content (AvgIpc) is 2.55. The molecule has 5 nitrogen and oxygen atoms in total. The van der Waals surface area contributed by atoms with E-state index in [1.54, 1.807) is 7.11 Å². The first-order valence-corrected chi connectivity index (χ1v) is 5.29. The average molecular weight is 277 g/mol. The highest BCUT2D eigenvalue weighted by Gasteiger charge is 2.20. The molecule has 1 unspecified atom stereocenters. The zero-order valence-electron chi connectivity index (χ0n) is 8.61. The van der Waals surface area contributed by atoms with E-state index < -0.39 is 6.10 Å². The molecule has 0 saturated carbocycles. The summed E-state index contributed by atoms with van der Waals surface area (Å²) >= 11 is 3.22. The van der Waals surface area contributed by atoms with E-state index in [0.29, 0.717) is 23.3 Å². The summed E-state index contributed by atoms with van der Waals surface area (Å²) in [5, 5.41) is 13.2. The second-order valence-corrected chi connectivity index (χ2v) is 3.95. The fourth-order valence-corrected chi connectivity index (χ4v) is 1.64. The maximum Gasteiger partial charge on any atom is 0.210 e. The van der Waals surface area contributed by atoms with Gasteiger partial charge in [-0.15, -0.1) is 0 Å². The van der Waals surface area contributed by atoms with E-state index in [9.17, 15) is 9.90 Å². The summed E-state index contributed by atoms with van der Waals surface area (Å²) in [6.07, 6.45) is 0.505. The van der Waals surface area contributed by atoms with Crippen LogP contribution >= 0.6 is 15.9 Å². The summed E-state index contributed by atoms with van der Waals surface area (Å²) < 4.78 is 7.00. The van der Waals surface area contributed by atoms with Crippen molar-refractivity contribution < 1.29 is 14.6 Å². The fraction of sp³-hybridized carbons (Fsp3) is 0.556. The Labute approximate surface area is 96.2 Å². The van der Waals surface area contributed by atoms with Gasteiger partial charge in [0.15, 0.2) is 0 Å². The quantitative estimate of drug-likeness (QED) is 0.811. The Morgan fingerprint density at radius 3 is 3.00 bits per heavy atom. The van der Waals surface area contributed by atoms with Gasteiger partial charge in [-0.05, 0) is 22.9 Å². The molecule has 1 aromatic rings. The number of rotatable bonds is 5. The molecule has 1 N–H and O–H groups in total. The molecular weight excluding hydrogens is 264 g/mol. The number of ether oxygens (including phenoxy) is 1. The lowest BCUT2D eigenvalue weighted by Crippen LogP contribution is -2.22. The van der Waals surface area contributed by atoms with Gasteiger partial charge in [0.1, 0.15) is 11.8 Å². The van der Waals surface area contributed by atoms with Crippen LogP contribution in [-0.4, -0.2) is 40.5 Å². The van der Waals surface area contributed by atoms with Crippen molar-refractivity contribution in [1.82, 2.24) is 9.78 Å². The van der Waals surface area contributed by atoms with Crippen LogP contribution in [0.3, 0.4) is 0 Å². The maximum atomic E-state index is 11.6. The van der Waals surface area contributed by atoms with Crippen molar-refractivity contribution in [3.05, 3.63) is 16.4 Å². The number of methoxy groups -OCH3 is 1. The second-order valence-electron chi connectivity index (χ2n) is 3.10. The molecule has 0 aliphatic rings. The van der Waals surface area contributed by atoms with Gasteiger partial charge in [-0.2, -0.15) is 5.10 Å². The molecule has 1 heterocycles. The van der Waals surface area contributed by atoms with E-state index in [1.165, 1.54) is 17.8 Å². The lowest BCUT2D eigenvalue weighted by atomic mass is 10.2. The van der Waals surface area contributed by atoms with Gasteiger partial charge < -0.3 is 9.84 Å². The Balaban J connectivity index is 2.93. The number of hydrogen-bond acceptors (Lipinski definition) is 4. The summed E-state index contributed by atoms with van der Waals surface area (Å²) in [5.41, 5.74) is 0.377. The van der Waals surface area contributed by atoms with Crippen molar-refractivity contribution in [1.29, 1.82) is 0 Å². The monoisotopic (exact) mass is 276 g/mol. The number of aliphatic hydroxyl groups is 1. The van der Waals surface area contributed by atoms with Crippen LogP contribution in [0.25, 0.3) is 0 Å². The fourth-order valence-electron chi connectivity index (χ4n) is 1.15. The molecule has 0 fully saturated rings. The minimum atomic E-state index is -1.03. The molecule has 1 atom stereocenters. The van der Waals surface area contributed by atoms with E-state index in [0.717, 1.165) is 0 Å². The van der Waals surface area contributed by atoms with E-state index in [-0.39, 0.29) is 5.78 Å². The molecule has 0 saturated heterocycles. The summed E-state index contributed by atoms with van der Waals surface area (Å²) in [5.74, 6) is -0.351. The standard InChI is InChI=1S/C9H13BrN2O3/c1-6(13)9(14)8-7(10)5-11-12(8)3-4-15-2/h5-6,13H,3-4H2,1-2H3. The van der Waals surface area contributed by atoms with Gasteiger partial charge in [0.2, 0.25) is 5.78 Å². The van der Waals surface area contributed by atoms with E-state index in [4.69, 9.17) is 4.74 Å². The van der Waals surface area contributed by atoms with Crippen molar-refractivity contribution in [3.63, 3.8) is 0 Å². The van der Waals surface area contributed by atoms with Crippen LogP contribution in [0.4, 0.5) is 0 Å². The van der Waals surface area contributed by atoms with Gasteiger partial charge in [0.05, 0.1) is 23.8 Å². The van der Waals surface area contributed by atoms with Crippen molar-refractivity contribution >= 4 is 21.7 Å². The number of halogens is 1. The third-order valence-electron chi connectivity index (χ3n) is 1.91. The number of aliphatic hydroxyl groups excluding tert-OH is 1. The summed E-state index contributed by atoms with van der Waals surface area (Å²) in [6, 6.07) is 0. The smallest absolute Gasteiger partial charge is 0.210 e. The molecule has 0 radical (unpaired) electrons. The molecule has 0 aliphatic carbocycles. The summed E-state index contributed by atoms with van der Waals surface area (Å²) in [4.78, 5) is 11.6. The van der Waals surface area contributed by atoms with E-state index in [1.807, 2.05) is 0 Å². The SMILES string of the molecule is COCCn1ncc(Br)c1C(=O)C(C)O. The largest absolute Gasteiger partial charge is 0.385 e. The molecule has 0 spiro atoms. The zero-order chi connectivity index (χ0) is 11.4. The maximum absolute atomic E-state index is 11.6. The topological polar surface area (TPSA) is 64.4 Å². The lowest BCUT2D eigenvalue weighted by molar-refractivity contribution is 0.0764. The molecule has 6 heteroatoms. The summed E-state index contributed by atoms with van der Waals surface area (Å²) in [7, 11) is 1.58. The van der Waals surface area contributed by atoms with Crippen molar-refractivity contribution in [3.8, 4) is 0 Å². The van der Waals surface area contributed by atoms with Gasteiger partial charge in [-0.3, -0.25) is 9.48 Å². The third-order valence-corrected chi connectivity index (χ3v) is 2.50. The van der Waals surface area contributed by atoms with Crippen molar-refractivity contribution in [2.75, 3.05) is 13.7 Å². The number of carbonyl (C=O) groups is 1. The molecule has 1 aromatic heterocycles. The minimum Gasteiger partial charge on any atom is -0.385 e. The minimum absolute atomic E-state index is 0.351. The van der Waals surface area contributed by atoms with Crippen LogP contribution in [0.5, 0.6) is 0 Å². The number of aromatic nitrogens is 2. The van der Waals surface area contributed by atoms with Gasteiger partial charge in [0, 0.05) is 7.11 Å². The number of carbonyl (C=O) groups excluding carboxylic acids is 1. The molecule has 0 aromatic carbocycles. The van der Waals surface area contributed by atoms with Gasteiger partial charge >= 0.3 is 0 Å². The normalized spacial score (nSPS) is 12.8. The van der Waals surface area contributed by atoms with Crippen LogP contribution in [0, 0.1) is 0 Å². The van der Waals surface area contributed by atoms with Crippen LogP contribution in [0.2, 0.25) is 0 Å². The van der Waals surface area contributed by atoms with Crippen LogP contribution in [0.1, 0.15) is 17.4 Å². The van der Waals surface area contributed by atoms with Crippen molar-refractivity contribution in [2.45, 2.75) is 19.6 Å². The number of ketones is 1. The number of nitrogens with zero attached hydrogens (tertiary/aromatic N) is 2. The Bertz CT molecular complexity index is 349. The first-order valence-electron chi connectivity index (χ1n) is 4.50. The number of Topliss-reactive ketones (excluding diaryl/α,β-unsaturated/α-hetero) is 1. The predicted octanol–water partition coefficient (Wildman–Crippen LogP) is 0.855. The molecule has 0 bridgehead atoms. The van der Waals surface area contributed by atoms with Crippen LogP contribution < -0.4 is 0 Å². The summed E-state index contributed by atoms with van der Waals surface area (Å²) in [6.45, 7) is 2.38. The molecule has 84 valence electrons. The van der Waals surface area contributed by atoms with Gasteiger partial charge in [-0.1, -0.05) is 0 Å². The number of hydrogen-bond donors (Lipinski definition) is 1. The van der Waals surface area contributed by atoms with Gasteiger partial charge in [-0.25, -0.2) is 0 Å². The van der Waals surface area contributed by atoms with Crippen LogP contribution in [0.15, 0.2) is 10.7 Å². The lowest BCUT2D eigenvalue weighted by Gasteiger charge is -2.08. The first kappa shape index (κ1) is 12.4. The first-order chi connectivity index (χ1) is 7.07. The second kappa shape index (κ2) is 5.39. The molecular formula is C9H13BrN2O3. The molecule has 1 rings (SSSR count). The van der Waals surface area contributed by atoms with Crippen LogP contribution in [-0.2, 0) is 11.3 Å². The van der Waals surface area contributed by atoms with Gasteiger partial charge in [0.25, 0.3) is 0 Å². The predicted molar refractivity (Wildman–Crippen MR) is 57.8 cm³/mol. The highest BCUT2D eigenvalue weighted by Crippen LogP contribution is 2.17. The highest BCUT2D eigenvalue weighted by molar-refractivity contribution is 9.10. The molecule has 0 amide bonds. The Morgan fingerprint density at radius 1 is 1.80 bits per heavy atom. The Kier molecular flexibility index (Phi) is 4.44. The van der Waals surface area contributed by atoms with Crippen molar-refractivity contribution in [2.24, 2.45) is 0 Å². The third kappa shape index (κ3) is 2.87. The zero-order valence-corrected chi connectivity index (χ0v) is 10.2. The van der Waals surface area contributed by atoms with E-state index >= 15 is 0 Å². The Hall–Kier alpha value is -0.720. The molecule has 15 heavy (non-hydrogen) atoms.